The molecular weight excluding hydrogens is 358 g/mol. The largest absolute Gasteiger partial charge is 0.417 e. The highest BCUT2D eigenvalue weighted by molar-refractivity contribution is 8.00. The van der Waals surface area contributed by atoms with Gasteiger partial charge in [0.25, 0.3) is 0 Å². The van der Waals surface area contributed by atoms with Gasteiger partial charge in [-0.25, -0.2) is 0 Å². The predicted molar refractivity (Wildman–Crippen MR) is 88.2 cm³/mol. The van der Waals surface area contributed by atoms with Gasteiger partial charge < -0.3 is 4.42 Å². The third kappa shape index (κ3) is 4.06. The Balaban J connectivity index is 1.67. The molecule has 1 amide bonds. The van der Waals surface area contributed by atoms with E-state index in [1.807, 2.05) is 18.4 Å². The van der Waals surface area contributed by atoms with E-state index in [-0.39, 0.29) is 5.89 Å². The molecule has 0 bridgehead atoms. The van der Waals surface area contributed by atoms with Gasteiger partial charge in [0.2, 0.25) is 11.0 Å². The lowest BCUT2D eigenvalue weighted by atomic mass is 10.1. The van der Waals surface area contributed by atoms with Crippen molar-refractivity contribution in [2.75, 3.05) is 11.6 Å². The Morgan fingerprint density at radius 3 is 2.96 bits per heavy atom. The molecule has 1 aromatic carbocycles. The normalized spacial score (nSPS) is 10.7. The fourth-order valence-corrected chi connectivity index (χ4v) is 3.11. The summed E-state index contributed by atoms with van der Waals surface area (Å²) in [7, 11) is 0. The molecule has 0 atom stereocenters. The molecule has 0 saturated heterocycles. The standard InChI is InChI=1S/C13H10ClN5O2S2/c1-22-13-19-18-12(23-13)15-10(20)11-17-16-9(21-11)6-7-3-2-4-8(14)5-7/h2-5H,6H2,1H3,(H,15,18,20). The zero-order valence-corrected chi connectivity index (χ0v) is 14.2. The summed E-state index contributed by atoms with van der Waals surface area (Å²) in [6, 6.07) is 7.31. The molecule has 23 heavy (non-hydrogen) atoms. The van der Waals surface area contributed by atoms with Gasteiger partial charge >= 0.3 is 11.8 Å². The SMILES string of the molecule is CSc1nnc(NC(=O)c2nnc(Cc3cccc(Cl)c3)o2)s1. The summed E-state index contributed by atoms with van der Waals surface area (Å²) < 4.78 is 6.13. The van der Waals surface area contributed by atoms with Gasteiger partial charge in [-0.05, 0) is 24.0 Å². The number of thioether (sulfide) groups is 1. The van der Waals surface area contributed by atoms with Crippen LogP contribution in [0.25, 0.3) is 0 Å². The topological polar surface area (TPSA) is 93.8 Å². The average Bonchev–Trinajstić information content (AvgIpc) is 3.16. The van der Waals surface area contributed by atoms with E-state index < -0.39 is 5.91 Å². The van der Waals surface area contributed by atoms with Crippen LogP contribution >= 0.6 is 34.7 Å². The Kier molecular flexibility index (Phi) is 4.89. The summed E-state index contributed by atoms with van der Waals surface area (Å²) in [6.07, 6.45) is 2.28. The molecule has 0 spiro atoms. The van der Waals surface area contributed by atoms with Crippen molar-refractivity contribution in [2.45, 2.75) is 10.8 Å². The van der Waals surface area contributed by atoms with Gasteiger partial charge in [-0.3, -0.25) is 10.1 Å². The number of rotatable bonds is 5. The number of carbonyl (C=O) groups excluding carboxylic acids is 1. The van der Waals surface area contributed by atoms with Gasteiger partial charge in [-0.2, -0.15) is 0 Å². The first-order chi connectivity index (χ1) is 11.1. The van der Waals surface area contributed by atoms with Crippen molar-refractivity contribution in [1.29, 1.82) is 0 Å². The number of amides is 1. The minimum atomic E-state index is -0.515. The molecule has 0 unspecified atom stereocenters. The maximum Gasteiger partial charge on any atom is 0.315 e. The van der Waals surface area contributed by atoms with Crippen molar-refractivity contribution < 1.29 is 9.21 Å². The van der Waals surface area contributed by atoms with Crippen molar-refractivity contribution in [1.82, 2.24) is 20.4 Å². The first kappa shape index (κ1) is 15.9. The van der Waals surface area contributed by atoms with Gasteiger partial charge in [0.05, 0.1) is 6.42 Å². The first-order valence-corrected chi connectivity index (χ1v) is 8.81. The number of hydrogen-bond acceptors (Lipinski definition) is 8. The monoisotopic (exact) mass is 367 g/mol. The van der Waals surface area contributed by atoms with Crippen LogP contribution in [0.15, 0.2) is 33.0 Å². The summed E-state index contributed by atoms with van der Waals surface area (Å²) >= 11 is 8.65. The zero-order chi connectivity index (χ0) is 16.2. The average molecular weight is 368 g/mol. The van der Waals surface area contributed by atoms with Crippen LogP contribution in [0.4, 0.5) is 5.13 Å². The Labute approximate surface area is 144 Å². The molecule has 3 rings (SSSR count). The molecule has 10 heteroatoms. The maximum absolute atomic E-state index is 12.0. The van der Waals surface area contributed by atoms with E-state index in [2.05, 4.69) is 25.7 Å². The fourth-order valence-electron chi connectivity index (χ4n) is 1.73. The summed E-state index contributed by atoms with van der Waals surface area (Å²) in [6.45, 7) is 0. The molecule has 0 fully saturated rings. The summed E-state index contributed by atoms with van der Waals surface area (Å²) in [5, 5.41) is 18.9. The van der Waals surface area contributed by atoms with Crippen LogP contribution in [0.2, 0.25) is 5.02 Å². The molecule has 0 aliphatic heterocycles. The Morgan fingerprint density at radius 2 is 2.22 bits per heavy atom. The molecule has 0 aliphatic rings. The Hall–Kier alpha value is -1.97. The van der Waals surface area contributed by atoms with Crippen LogP contribution in [0.3, 0.4) is 0 Å². The Bertz CT molecular complexity index is 835. The lowest BCUT2D eigenvalue weighted by Crippen LogP contribution is -2.12. The molecule has 0 saturated carbocycles. The fraction of sp³-hybridized carbons (Fsp3) is 0.154. The molecule has 7 nitrogen and oxygen atoms in total. The van der Waals surface area contributed by atoms with Crippen LogP contribution in [0.1, 0.15) is 22.1 Å². The molecular formula is C13H10ClN5O2S2. The van der Waals surface area contributed by atoms with E-state index in [1.54, 1.807) is 12.1 Å². The minimum Gasteiger partial charge on any atom is -0.417 e. The number of nitrogens with zero attached hydrogens (tertiary/aromatic N) is 4. The van der Waals surface area contributed by atoms with E-state index in [0.717, 1.165) is 9.90 Å². The highest BCUT2D eigenvalue weighted by atomic mass is 35.5. The van der Waals surface area contributed by atoms with E-state index in [4.69, 9.17) is 16.0 Å². The number of hydrogen-bond donors (Lipinski definition) is 1. The van der Waals surface area contributed by atoms with Crippen LogP contribution in [-0.4, -0.2) is 32.6 Å². The van der Waals surface area contributed by atoms with Crippen molar-refractivity contribution in [3.63, 3.8) is 0 Å². The summed E-state index contributed by atoms with van der Waals surface area (Å²) in [5.74, 6) is -0.305. The van der Waals surface area contributed by atoms with Gasteiger partial charge in [0.15, 0.2) is 4.34 Å². The molecule has 3 aromatic rings. The van der Waals surface area contributed by atoms with Gasteiger partial charge in [0.1, 0.15) is 0 Å². The maximum atomic E-state index is 12.0. The molecule has 2 aromatic heterocycles. The lowest BCUT2D eigenvalue weighted by Gasteiger charge is -1.97. The summed E-state index contributed by atoms with van der Waals surface area (Å²) in [4.78, 5) is 12.0. The zero-order valence-electron chi connectivity index (χ0n) is 11.8. The number of carbonyl (C=O) groups is 1. The number of benzene rings is 1. The quantitative estimate of drug-likeness (QED) is 0.546. The molecule has 0 radical (unpaired) electrons. The van der Waals surface area contributed by atoms with Crippen LogP contribution < -0.4 is 5.32 Å². The van der Waals surface area contributed by atoms with Gasteiger partial charge in [0, 0.05) is 5.02 Å². The molecule has 2 heterocycles. The number of anilines is 1. The van der Waals surface area contributed by atoms with E-state index in [0.29, 0.717) is 22.5 Å². The molecule has 0 aliphatic carbocycles. The molecule has 1 N–H and O–H groups in total. The highest BCUT2D eigenvalue weighted by Gasteiger charge is 2.17. The van der Waals surface area contributed by atoms with Gasteiger partial charge in [-0.15, -0.1) is 20.4 Å². The first-order valence-electron chi connectivity index (χ1n) is 6.39. The second-order valence-corrected chi connectivity index (χ2v) is 6.81. The van der Waals surface area contributed by atoms with Gasteiger partial charge in [-0.1, -0.05) is 46.8 Å². The van der Waals surface area contributed by atoms with Crippen LogP contribution in [-0.2, 0) is 6.42 Å². The Morgan fingerprint density at radius 1 is 1.35 bits per heavy atom. The van der Waals surface area contributed by atoms with E-state index in [9.17, 15) is 4.79 Å². The van der Waals surface area contributed by atoms with Crippen molar-refractivity contribution >= 4 is 45.7 Å². The van der Waals surface area contributed by atoms with E-state index in [1.165, 1.54) is 23.1 Å². The molecule has 118 valence electrons. The van der Waals surface area contributed by atoms with Crippen molar-refractivity contribution in [3.05, 3.63) is 46.6 Å². The second-order valence-electron chi connectivity index (χ2n) is 4.34. The van der Waals surface area contributed by atoms with Crippen molar-refractivity contribution in [2.24, 2.45) is 0 Å². The van der Waals surface area contributed by atoms with Crippen LogP contribution in [0.5, 0.6) is 0 Å². The lowest BCUT2D eigenvalue weighted by molar-refractivity contribution is 0.0988. The number of nitrogens with one attached hydrogen (secondary N) is 1. The third-order valence-corrected chi connectivity index (χ3v) is 4.76. The number of aromatic nitrogens is 4. The van der Waals surface area contributed by atoms with E-state index >= 15 is 0 Å². The minimum absolute atomic E-state index is 0.122. The highest BCUT2D eigenvalue weighted by Crippen LogP contribution is 2.23. The third-order valence-electron chi connectivity index (χ3n) is 2.71. The second kappa shape index (κ2) is 7.07. The number of halogens is 1. The summed E-state index contributed by atoms with van der Waals surface area (Å²) in [5.41, 5.74) is 0.918. The predicted octanol–water partition coefficient (Wildman–Crippen LogP) is 3.14. The van der Waals surface area contributed by atoms with Crippen LogP contribution in [0, 0.1) is 0 Å². The van der Waals surface area contributed by atoms with Crippen molar-refractivity contribution in [3.8, 4) is 0 Å². The smallest absolute Gasteiger partial charge is 0.315 e.